The first-order valence-corrected chi connectivity index (χ1v) is 6.54. The molecule has 18 heavy (non-hydrogen) atoms. The molecule has 0 saturated carbocycles. The number of aryl methyl sites for hydroxylation is 1. The van der Waals surface area contributed by atoms with E-state index in [-0.39, 0.29) is 6.04 Å². The van der Waals surface area contributed by atoms with Gasteiger partial charge in [0, 0.05) is 5.71 Å². The van der Waals surface area contributed by atoms with E-state index in [4.69, 9.17) is 4.99 Å². The third-order valence-corrected chi connectivity index (χ3v) is 3.59. The summed E-state index contributed by atoms with van der Waals surface area (Å²) >= 11 is 0. The molecule has 0 aromatic heterocycles. The predicted octanol–water partition coefficient (Wildman–Crippen LogP) is 4.18. The van der Waals surface area contributed by atoms with Gasteiger partial charge in [-0.3, -0.25) is 4.99 Å². The van der Waals surface area contributed by atoms with Gasteiger partial charge in [-0.15, -0.1) is 0 Å². The average Bonchev–Trinajstić information content (AvgIpc) is 2.83. The zero-order valence-electron chi connectivity index (χ0n) is 10.6. The standard InChI is InChI=1S/C17H17N/c1-13(14-7-3-2-4-8-14)18-17-12-11-15-9-5-6-10-16(15)17/h2-10,13H,11-12H2,1H3/t13-/m0/s1. The van der Waals surface area contributed by atoms with E-state index in [1.54, 1.807) is 0 Å². The van der Waals surface area contributed by atoms with Crippen LogP contribution in [0.15, 0.2) is 59.6 Å². The minimum Gasteiger partial charge on any atom is -0.281 e. The SMILES string of the molecule is C[C@H](N=C1CCc2ccccc21)c1ccccc1. The molecule has 3 rings (SSSR count). The van der Waals surface area contributed by atoms with Crippen molar-refractivity contribution in [3.05, 3.63) is 71.3 Å². The van der Waals surface area contributed by atoms with E-state index in [1.807, 2.05) is 6.07 Å². The number of hydrogen-bond acceptors (Lipinski definition) is 1. The Morgan fingerprint density at radius 1 is 0.889 bits per heavy atom. The molecular weight excluding hydrogens is 218 g/mol. The molecule has 0 N–H and O–H groups in total. The summed E-state index contributed by atoms with van der Waals surface area (Å²) < 4.78 is 0. The molecule has 1 aliphatic carbocycles. The van der Waals surface area contributed by atoms with Crippen LogP contribution < -0.4 is 0 Å². The molecule has 0 bridgehead atoms. The van der Waals surface area contributed by atoms with Crippen molar-refractivity contribution in [3.8, 4) is 0 Å². The number of hydrogen-bond donors (Lipinski definition) is 0. The van der Waals surface area contributed by atoms with Crippen molar-refractivity contribution in [2.75, 3.05) is 0 Å². The molecule has 2 aromatic carbocycles. The van der Waals surface area contributed by atoms with E-state index >= 15 is 0 Å². The van der Waals surface area contributed by atoms with Gasteiger partial charge in [0.25, 0.3) is 0 Å². The second kappa shape index (κ2) is 4.77. The van der Waals surface area contributed by atoms with Crippen molar-refractivity contribution in [2.45, 2.75) is 25.8 Å². The lowest BCUT2D eigenvalue weighted by molar-refractivity contribution is 0.816. The third kappa shape index (κ3) is 2.08. The van der Waals surface area contributed by atoms with Crippen LogP contribution in [0.5, 0.6) is 0 Å². The number of benzene rings is 2. The number of rotatable bonds is 2. The van der Waals surface area contributed by atoms with Gasteiger partial charge >= 0.3 is 0 Å². The van der Waals surface area contributed by atoms with Crippen LogP contribution in [0, 0.1) is 0 Å². The van der Waals surface area contributed by atoms with Crippen molar-refractivity contribution in [3.63, 3.8) is 0 Å². The zero-order valence-corrected chi connectivity index (χ0v) is 10.6. The van der Waals surface area contributed by atoms with Gasteiger partial charge in [0.05, 0.1) is 6.04 Å². The maximum atomic E-state index is 4.90. The molecular formula is C17H17N. The first kappa shape index (κ1) is 11.2. The van der Waals surface area contributed by atoms with Gasteiger partial charge in [-0.05, 0) is 36.5 Å². The van der Waals surface area contributed by atoms with E-state index in [9.17, 15) is 0 Å². The fraction of sp³-hybridized carbons (Fsp3) is 0.235. The molecule has 90 valence electrons. The lowest BCUT2D eigenvalue weighted by Crippen LogP contribution is -1.99. The lowest BCUT2D eigenvalue weighted by atomic mass is 10.1. The van der Waals surface area contributed by atoms with Crippen LogP contribution in [0.2, 0.25) is 0 Å². The Morgan fingerprint density at radius 3 is 2.44 bits per heavy atom. The van der Waals surface area contributed by atoms with Gasteiger partial charge in [-0.25, -0.2) is 0 Å². The summed E-state index contributed by atoms with van der Waals surface area (Å²) in [6.45, 7) is 2.17. The van der Waals surface area contributed by atoms with Gasteiger partial charge < -0.3 is 0 Å². The van der Waals surface area contributed by atoms with Crippen molar-refractivity contribution in [2.24, 2.45) is 4.99 Å². The van der Waals surface area contributed by atoms with Crippen LogP contribution in [-0.4, -0.2) is 5.71 Å². The molecule has 0 spiro atoms. The zero-order chi connectivity index (χ0) is 12.4. The fourth-order valence-corrected chi connectivity index (χ4v) is 2.58. The molecule has 0 unspecified atom stereocenters. The van der Waals surface area contributed by atoms with Crippen LogP contribution in [0.4, 0.5) is 0 Å². The van der Waals surface area contributed by atoms with E-state index in [2.05, 4.69) is 55.5 Å². The summed E-state index contributed by atoms with van der Waals surface area (Å²) in [5, 5.41) is 0. The van der Waals surface area contributed by atoms with E-state index in [0.717, 1.165) is 12.8 Å². The molecule has 0 fully saturated rings. The summed E-state index contributed by atoms with van der Waals surface area (Å²) in [5.41, 5.74) is 5.34. The Morgan fingerprint density at radius 2 is 1.61 bits per heavy atom. The van der Waals surface area contributed by atoms with Gasteiger partial charge in [0.1, 0.15) is 0 Å². The van der Waals surface area contributed by atoms with Crippen molar-refractivity contribution >= 4 is 5.71 Å². The molecule has 1 nitrogen and oxygen atoms in total. The Labute approximate surface area is 108 Å². The third-order valence-electron chi connectivity index (χ3n) is 3.59. The molecule has 0 aliphatic heterocycles. The topological polar surface area (TPSA) is 12.4 Å². The first-order valence-electron chi connectivity index (χ1n) is 6.54. The summed E-state index contributed by atoms with van der Waals surface area (Å²) in [5.74, 6) is 0. The molecule has 0 amide bonds. The Balaban J connectivity index is 1.91. The summed E-state index contributed by atoms with van der Waals surface area (Å²) in [6.07, 6.45) is 2.22. The van der Waals surface area contributed by atoms with Crippen LogP contribution in [0.3, 0.4) is 0 Å². The monoisotopic (exact) mass is 235 g/mol. The van der Waals surface area contributed by atoms with Crippen molar-refractivity contribution in [1.82, 2.24) is 0 Å². The number of aliphatic imine (C=N–C) groups is 1. The smallest absolute Gasteiger partial charge is 0.0724 e. The van der Waals surface area contributed by atoms with Crippen molar-refractivity contribution < 1.29 is 0 Å². The molecule has 0 heterocycles. The summed E-state index contributed by atoms with van der Waals surface area (Å²) in [7, 11) is 0. The van der Waals surface area contributed by atoms with Crippen LogP contribution in [-0.2, 0) is 6.42 Å². The molecule has 1 aliphatic rings. The van der Waals surface area contributed by atoms with Crippen LogP contribution >= 0.6 is 0 Å². The van der Waals surface area contributed by atoms with Gasteiger partial charge in [0.2, 0.25) is 0 Å². The largest absolute Gasteiger partial charge is 0.281 e. The highest BCUT2D eigenvalue weighted by Gasteiger charge is 2.17. The predicted molar refractivity (Wildman–Crippen MR) is 76.2 cm³/mol. The summed E-state index contributed by atoms with van der Waals surface area (Å²) in [4.78, 5) is 4.90. The van der Waals surface area contributed by atoms with Gasteiger partial charge in [0.15, 0.2) is 0 Å². The molecule has 0 radical (unpaired) electrons. The second-order valence-corrected chi connectivity index (χ2v) is 4.82. The highest BCUT2D eigenvalue weighted by atomic mass is 14.8. The Kier molecular flexibility index (Phi) is 2.97. The van der Waals surface area contributed by atoms with Crippen LogP contribution in [0.25, 0.3) is 0 Å². The van der Waals surface area contributed by atoms with Gasteiger partial charge in [-0.1, -0.05) is 54.6 Å². The van der Waals surface area contributed by atoms with Gasteiger partial charge in [-0.2, -0.15) is 0 Å². The lowest BCUT2D eigenvalue weighted by Gasteiger charge is -2.08. The Hall–Kier alpha value is -1.89. The first-order chi connectivity index (χ1) is 8.84. The minimum atomic E-state index is 0.243. The minimum absolute atomic E-state index is 0.243. The van der Waals surface area contributed by atoms with Crippen molar-refractivity contribution in [1.29, 1.82) is 0 Å². The maximum Gasteiger partial charge on any atom is 0.0724 e. The normalized spacial score (nSPS) is 17.7. The van der Waals surface area contributed by atoms with Crippen LogP contribution in [0.1, 0.15) is 36.1 Å². The summed E-state index contributed by atoms with van der Waals surface area (Å²) in [6, 6.07) is 19.4. The van der Waals surface area contributed by atoms with E-state index in [1.165, 1.54) is 22.4 Å². The molecule has 1 heteroatoms. The molecule has 0 saturated heterocycles. The Bertz CT molecular complexity index is 569. The fourth-order valence-electron chi connectivity index (χ4n) is 2.58. The molecule has 1 atom stereocenters. The number of fused-ring (bicyclic) bond motifs is 1. The highest BCUT2D eigenvalue weighted by Crippen LogP contribution is 2.25. The molecule has 2 aromatic rings. The second-order valence-electron chi connectivity index (χ2n) is 4.82. The average molecular weight is 235 g/mol. The van der Waals surface area contributed by atoms with E-state index in [0.29, 0.717) is 0 Å². The van der Waals surface area contributed by atoms with E-state index < -0.39 is 0 Å². The number of nitrogens with zero attached hydrogens (tertiary/aromatic N) is 1. The highest BCUT2D eigenvalue weighted by molar-refractivity contribution is 6.04. The maximum absolute atomic E-state index is 4.90. The quantitative estimate of drug-likeness (QED) is 0.740.